The van der Waals surface area contributed by atoms with Crippen molar-refractivity contribution in [2.45, 2.75) is 36.6 Å². The van der Waals surface area contributed by atoms with Gasteiger partial charge in [0.15, 0.2) is 0 Å². The molecule has 2 saturated heterocycles. The number of rotatable bonds is 5. The van der Waals surface area contributed by atoms with Crippen LogP contribution in [0.2, 0.25) is 0 Å². The molecule has 4 amide bonds. The third-order valence-electron chi connectivity index (χ3n) is 5.21. The van der Waals surface area contributed by atoms with Gasteiger partial charge in [0, 0.05) is 24.9 Å². The largest absolute Gasteiger partial charge is 0.324 e. The maximum absolute atomic E-state index is 13.2. The predicted molar refractivity (Wildman–Crippen MR) is 110 cm³/mol. The van der Waals surface area contributed by atoms with Gasteiger partial charge in [0.2, 0.25) is 23.6 Å². The fourth-order valence-corrected chi connectivity index (χ4v) is 5.30. The van der Waals surface area contributed by atoms with Crippen LogP contribution in [0.5, 0.6) is 0 Å². The maximum Gasteiger partial charge on any atom is 0.267 e. The zero-order valence-corrected chi connectivity index (χ0v) is 17.2. The molecule has 2 aliphatic rings. The van der Waals surface area contributed by atoms with Crippen LogP contribution in [0.1, 0.15) is 25.7 Å². The summed E-state index contributed by atoms with van der Waals surface area (Å²) in [5.74, 6) is -1.96. The number of amides is 4. The van der Waals surface area contributed by atoms with Crippen molar-refractivity contribution in [3.05, 3.63) is 54.6 Å². The zero-order valence-electron chi connectivity index (χ0n) is 16.4. The van der Waals surface area contributed by atoms with Crippen molar-refractivity contribution < 1.29 is 27.6 Å². The number of para-hydroxylation sites is 1. The van der Waals surface area contributed by atoms with E-state index in [4.69, 9.17) is 0 Å². The van der Waals surface area contributed by atoms with Crippen molar-refractivity contribution in [1.29, 1.82) is 0 Å². The van der Waals surface area contributed by atoms with E-state index < -0.39 is 27.9 Å². The minimum Gasteiger partial charge on any atom is -0.324 e. The van der Waals surface area contributed by atoms with Crippen LogP contribution in [0.3, 0.4) is 0 Å². The number of imide groups is 1. The molecule has 2 aromatic rings. The van der Waals surface area contributed by atoms with E-state index in [1.807, 2.05) is 0 Å². The summed E-state index contributed by atoms with van der Waals surface area (Å²) in [5.41, 5.74) is 0.756. The zero-order chi connectivity index (χ0) is 22.2. The number of hydrogen-bond donors (Lipinski definition) is 1. The van der Waals surface area contributed by atoms with E-state index in [0.29, 0.717) is 9.99 Å². The maximum atomic E-state index is 13.2. The Morgan fingerprint density at radius 2 is 1.45 bits per heavy atom. The predicted octanol–water partition coefficient (Wildman–Crippen LogP) is 1.66. The first kappa shape index (κ1) is 20.7. The van der Waals surface area contributed by atoms with Gasteiger partial charge in [-0.25, -0.2) is 12.7 Å². The first-order valence-electron chi connectivity index (χ1n) is 9.68. The van der Waals surface area contributed by atoms with E-state index in [1.165, 1.54) is 24.3 Å². The van der Waals surface area contributed by atoms with Gasteiger partial charge in [-0.2, -0.15) is 0 Å². The van der Waals surface area contributed by atoms with Gasteiger partial charge in [0.1, 0.15) is 6.04 Å². The number of nitrogens with one attached hydrogen (secondary N) is 1. The SMILES string of the molecule is O=C(Nc1ccccc1)C1CCC(=O)N1S(=O)(=O)c1ccc(N2C(=O)CCC2=O)cc1. The average Bonchev–Trinajstić information content (AvgIpc) is 3.31. The van der Waals surface area contributed by atoms with Crippen LogP contribution < -0.4 is 10.2 Å². The molecule has 2 heterocycles. The number of nitrogens with zero attached hydrogens (tertiary/aromatic N) is 2. The molecule has 31 heavy (non-hydrogen) atoms. The molecule has 160 valence electrons. The Labute approximate surface area is 178 Å². The summed E-state index contributed by atoms with van der Waals surface area (Å²) in [6, 6.07) is 12.5. The number of sulfonamides is 1. The topological polar surface area (TPSA) is 121 Å². The molecule has 2 fully saturated rings. The van der Waals surface area contributed by atoms with Crippen molar-refractivity contribution in [1.82, 2.24) is 4.31 Å². The molecule has 1 unspecified atom stereocenters. The summed E-state index contributed by atoms with van der Waals surface area (Å²) in [6.07, 6.45) is 0.227. The Hall–Kier alpha value is -3.53. The lowest BCUT2D eigenvalue weighted by Crippen LogP contribution is -2.45. The minimum absolute atomic E-state index is 0.0685. The lowest BCUT2D eigenvalue weighted by atomic mass is 10.2. The van der Waals surface area contributed by atoms with Gasteiger partial charge in [0.05, 0.1) is 10.6 Å². The molecule has 2 aromatic carbocycles. The Morgan fingerprint density at radius 1 is 0.839 bits per heavy atom. The number of anilines is 2. The van der Waals surface area contributed by atoms with Crippen molar-refractivity contribution >= 4 is 45.0 Å². The molecule has 0 saturated carbocycles. The molecule has 0 spiro atoms. The number of hydrogen-bond acceptors (Lipinski definition) is 6. The Morgan fingerprint density at radius 3 is 2.06 bits per heavy atom. The number of benzene rings is 2. The molecule has 0 radical (unpaired) electrons. The first-order valence-corrected chi connectivity index (χ1v) is 11.1. The van der Waals surface area contributed by atoms with Crippen LogP contribution in [-0.2, 0) is 29.2 Å². The third kappa shape index (κ3) is 3.81. The van der Waals surface area contributed by atoms with Gasteiger partial charge in [-0.1, -0.05) is 18.2 Å². The highest BCUT2D eigenvalue weighted by Gasteiger charge is 2.44. The van der Waals surface area contributed by atoms with Crippen LogP contribution in [0.4, 0.5) is 11.4 Å². The number of carbonyl (C=O) groups excluding carboxylic acids is 4. The van der Waals surface area contributed by atoms with E-state index in [0.717, 1.165) is 4.90 Å². The van der Waals surface area contributed by atoms with Crippen molar-refractivity contribution in [3.8, 4) is 0 Å². The van der Waals surface area contributed by atoms with Crippen LogP contribution in [0, 0.1) is 0 Å². The van der Waals surface area contributed by atoms with Gasteiger partial charge >= 0.3 is 0 Å². The molecule has 0 aromatic heterocycles. The molecule has 1 N–H and O–H groups in total. The highest BCUT2D eigenvalue weighted by molar-refractivity contribution is 7.89. The molecule has 10 heteroatoms. The van der Waals surface area contributed by atoms with E-state index >= 15 is 0 Å². The average molecular weight is 441 g/mol. The van der Waals surface area contributed by atoms with Gasteiger partial charge in [-0.05, 0) is 42.8 Å². The van der Waals surface area contributed by atoms with Gasteiger partial charge in [0.25, 0.3) is 10.0 Å². The summed E-state index contributed by atoms with van der Waals surface area (Å²) >= 11 is 0. The second kappa shape index (κ2) is 7.95. The normalized spacial score (nSPS) is 19.2. The molecular weight excluding hydrogens is 422 g/mol. The Kier molecular flexibility index (Phi) is 5.32. The molecule has 0 aliphatic carbocycles. The monoisotopic (exact) mass is 441 g/mol. The van der Waals surface area contributed by atoms with Gasteiger partial charge < -0.3 is 5.32 Å². The molecule has 2 aliphatic heterocycles. The summed E-state index contributed by atoms with van der Waals surface area (Å²) in [7, 11) is -4.31. The third-order valence-corrected chi connectivity index (χ3v) is 7.05. The van der Waals surface area contributed by atoms with E-state index in [1.54, 1.807) is 30.3 Å². The standard InChI is InChI=1S/C21H19N3O6S/c25-18-12-13-19(26)23(18)15-6-8-16(9-7-15)31(29,30)24-17(10-11-20(24)27)21(28)22-14-4-2-1-3-5-14/h1-9,17H,10-13H2,(H,22,28). The highest BCUT2D eigenvalue weighted by atomic mass is 32.2. The van der Waals surface area contributed by atoms with Gasteiger partial charge in [-0.3, -0.25) is 24.1 Å². The number of carbonyl (C=O) groups is 4. The first-order chi connectivity index (χ1) is 14.8. The lowest BCUT2D eigenvalue weighted by Gasteiger charge is -2.24. The second-order valence-corrected chi connectivity index (χ2v) is 9.04. The summed E-state index contributed by atoms with van der Waals surface area (Å²) in [4.78, 5) is 49.6. The molecule has 4 rings (SSSR count). The van der Waals surface area contributed by atoms with Crippen LogP contribution in [0.15, 0.2) is 59.5 Å². The van der Waals surface area contributed by atoms with Crippen LogP contribution in [0.25, 0.3) is 0 Å². The second-order valence-electron chi connectivity index (χ2n) is 7.22. The van der Waals surface area contributed by atoms with E-state index in [2.05, 4.69) is 5.32 Å². The quantitative estimate of drug-likeness (QED) is 0.705. The lowest BCUT2D eigenvalue weighted by molar-refractivity contribution is -0.128. The van der Waals surface area contributed by atoms with Gasteiger partial charge in [-0.15, -0.1) is 0 Å². The molecular formula is C21H19N3O6S. The van der Waals surface area contributed by atoms with Crippen LogP contribution >= 0.6 is 0 Å². The molecule has 1 atom stereocenters. The van der Waals surface area contributed by atoms with Crippen molar-refractivity contribution in [2.24, 2.45) is 0 Å². The summed E-state index contributed by atoms with van der Waals surface area (Å²) in [6.45, 7) is 0. The van der Waals surface area contributed by atoms with Crippen molar-refractivity contribution in [2.75, 3.05) is 10.2 Å². The molecule has 9 nitrogen and oxygen atoms in total. The smallest absolute Gasteiger partial charge is 0.267 e. The minimum atomic E-state index is -4.31. The summed E-state index contributed by atoms with van der Waals surface area (Å²) in [5, 5.41) is 2.63. The van der Waals surface area contributed by atoms with Crippen molar-refractivity contribution in [3.63, 3.8) is 0 Å². The highest BCUT2D eigenvalue weighted by Crippen LogP contribution is 2.30. The Bertz CT molecular complexity index is 1150. The molecule has 0 bridgehead atoms. The summed E-state index contributed by atoms with van der Waals surface area (Å²) < 4.78 is 26.9. The van der Waals surface area contributed by atoms with E-state index in [-0.39, 0.29) is 48.1 Å². The fourth-order valence-electron chi connectivity index (χ4n) is 3.69. The fraction of sp³-hybridized carbons (Fsp3) is 0.238. The van der Waals surface area contributed by atoms with Crippen LogP contribution in [-0.4, -0.2) is 42.4 Å². The van der Waals surface area contributed by atoms with E-state index in [9.17, 15) is 27.6 Å². The Balaban J connectivity index is 1.59.